The first kappa shape index (κ1) is 12.0. The molecule has 2 nitrogen and oxygen atoms in total. The smallest absolute Gasteiger partial charge is 0.119 e. The highest BCUT2D eigenvalue weighted by atomic mass is 16.5. The summed E-state index contributed by atoms with van der Waals surface area (Å²) in [5.74, 6) is 0. The predicted molar refractivity (Wildman–Crippen MR) is 69.8 cm³/mol. The molecule has 1 atom stereocenters. The van der Waals surface area contributed by atoms with Gasteiger partial charge in [0.1, 0.15) is 5.72 Å². The molecule has 17 heavy (non-hydrogen) atoms. The molecule has 1 aliphatic heterocycles. The molecule has 2 spiro atoms. The van der Waals surface area contributed by atoms with E-state index >= 15 is 0 Å². The van der Waals surface area contributed by atoms with Crippen molar-refractivity contribution in [3.8, 4) is 0 Å². The molecule has 2 saturated carbocycles. The third-order valence-electron chi connectivity index (χ3n) is 5.32. The highest BCUT2D eigenvalue weighted by Crippen LogP contribution is 2.48. The van der Waals surface area contributed by atoms with Gasteiger partial charge in [0.05, 0.1) is 6.61 Å². The lowest BCUT2D eigenvalue weighted by Crippen LogP contribution is -2.58. The average Bonchev–Trinajstić information content (AvgIpc) is 2.62. The molecular weight excluding hydrogens is 210 g/mol. The molecule has 1 unspecified atom stereocenters. The summed E-state index contributed by atoms with van der Waals surface area (Å²) in [6.07, 6.45) is 10.7. The minimum absolute atomic E-state index is 0.0339. The molecule has 0 aromatic carbocycles. The van der Waals surface area contributed by atoms with Gasteiger partial charge in [0, 0.05) is 12.0 Å². The zero-order chi connectivity index (χ0) is 12.0. The summed E-state index contributed by atoms with van der Waals surface area (Å²) in [4.78, 5) is 0. The summed E-state index contributed by atoms with van der Waals surface area (Å²) in [6, 6.07) is 0. The highest BCUT2D eigenvalue weighted by Gasteiger charge is 2.49. The molecule has 0 aromatic heterocycles. The van der Waals surface area contributed by atoms with Crippen LogP contribution < -0.4 is 5.32 Å². The van der Waals surface area contributed by atoms with Crippen LogP contribution in [-0.2, 0) is 4.74 Å². The van der Waals surface area contributed by atoms with Crippen molar-refractivity contribution in [2.24, 2.45) is 10.8 Å². The van der Waals surface area contributed by atoms with Crippen LogP contribution in [0.25, 0.3) is 0 Å². The first-order chi connectivity index (χ1) is 8.04. The monoisotopic (exact) mass is 237 g/mol. The van der Waals surface area contributed by atoms with Gasteiger partial charge >= 0.3 is 0 Å². The Bertz CT molecular complexity index is 281. The van der Waals surface area contributed by atoms with Gasteiger partial charge in [-0.05, 0) is 37.5 Å². The minimum Gasteiger partial charge on any atom is -0.360 e. The van der Waals surface area contributed by atoms with Gasteiger partial charge in [-0.15, -0.1) is 0 Å². The molecule has 0 bridgehead atoms. The molecule has 98 valence electrons. The molecule has 2 aliphatic carbocycles. The Morgan fingerprint density at radius 2 is 1.71 bits per heavy atom. The second-order valence-corrected chi connectivity index (χ2v) is 7.54. The lowest BCUT2D eigenvalue weighted by atomic mass is 9.73. The Hall–Kier alpha value is -0.0800. The number of nitrogens with one attached hydrogen (secondary N) is 1. The van der Waals surface area contributed by atoms with Gasteiger partial charge in [-0.2, -0.15) is 0 Å². The van der Waals surface area contributed by atoms with Gasteiger partial charge in [0.25, 0.3) is 0 Å². The molecule has 1 N–H and O–H groups in total. The van der Waals surface area contributed by atoms with E-state index in [0.29, 0.717) is 10.8 Å². The van der Waals surface area contributed by atoms with Gasteiger partial charge in [0.15, 0.2) is 0 Å². The van der Waals surface area contributed by atoms with E-state index in [1.807, 2.05) is 0 Å². The van der Waals surface area contributed by atoms with Crippen LogP contribution in [0.3, 0.4) is 0 Å². The zero-order valence-corrected chi connectivity index (χ0v) is 11.5. The lowest BCUT2D eigenvalue weighted by molar-refractivity contribution is -0.153. The van der Waals surface area contributed by atoms with Crippen molar-refractivity contribution in [2.45, 2.75) is 70.9 Å². The number of hydrogen-bond acceptors (Lipinski definition) is 2. The highest BCUT2D eigenvalue weighted by molar-refractivity contribution is 4.99. The molecule has 3 rings (SSSR count). The van der Waals surface area contributed by atoms with E-state index in [4.69, 9.17) is 4.74 Å². The molecule has 2 heteroatoms. The van der Waals surface area contributed by atoms with Gasteiger partial charge < -0.3 is 4.74 Å². The van der Waals surface area contributed by atoms with Crippen LogP contribution in [0.4, 0.5) is 0 Å². The maximum Gasteiger partial charge on any atom is 0.119 e. The second kappa shape index (κ2) is 3.96. The third-order valence-corrected chi connectivity index (χ3v) is 5.32. The zero-order valence-electron chi connectivity index (χ0n) is 11.5. The maximum absolute atomic E-state index is 6.34. The van der Waals surface area contributed by atoms with E-state index in [1.165, 1.54) is 57.9 Å². The fraction of sp³-hybridized carbons (Fsp3) is 1.00. The van der Waals surface area contributed by atoms with E-state index in [2.05, 4.69) is 19.2 Å². The summed E-state index contributed by atoms with van der Waals surface area (Å²) >= 11 is 0. The molecule has 0 radical (unpaired) electrons. The Morgan fingerprint density at radius 1 is 0.941 bits per heavy atom. The first-order valence-electron chi connectivity index (χ1n) is 7.42. The van der Waals surface area contributed by atoms with Crippen molar-refractivity contribution in [3.05, 3.63) is 0 Å². The largest absolute Gasteiger partial charge is 0.360 e. The van der Waals surface area contributed by atoms with Crippen molar-refractivity contribution >= 4 is 0 Å². The summed E-state index contributed by atoms with van der Waals surface area (Å²) in [7, 11) is 0. The molecule has 3 aliphatic rings. The first-order valence-corrected chi connectivity index (χ1v) is 7.42. The van der Waals surface area contributed by atoms with Gasteiger partial charge in [0.2, 0.25) is 0 Å². The number of rotatable bonds is 0. The molecule has 1 saturated heterocycles. The third kappa shape index (κ3) is 2.26. The summed E-state index contributed by atoms with van der Waals surface area (Å²) in [5, 5.41) is 3.79. The number of ether oxygens (including phenoxy) is 1. The topological polar surface area (TPSA) is 21.3 Å². The van der Waals surface area contributed by atoms with Crippen molar-refractivity contribution < 1.29 is 4.74 Å². The van der Waals surface area contributed by atoms with Crippen LogP contribution in [0.5, 0.6) is 0 Å². The Morgan fingerprint density at radius 3 is 2.24 bits per heavy atom. The summed E-state index contributed by atoms with van der Waals surface area (Å²) in [6.45, 7) is 6.95. The average molecular weight is 237 g/mol. The molecule has 0 aromatic rings. The molecule has 1 heterocycles. The molecular formula is C15H27NO. The Labute approximate surface area is 105 Å². The van der Waals surface area contributed by atoms with Gasteiger partial charge in [-0.1, -0.05) is 33.1 Å². The fourth-order valence-electron chi connectivity index (χ4n) is 4.13. The predicted octanol–water partition coefficient (Wildman–Crippen LogP) is 3.46. The number of hydrogen-bond donors (Lipinski definition) is 1. The fourth-order valence-corrected chi connectivity index (χ4v) is 4.13. The summed E-state index contributed by atoms with van der Waals surface area (Å²) in [5.41, 5.74) is 0.979. The van der Waals surface area contributed by atoms with Crippen molar-refractivity contribution in [1.29, 1.82) is 0 Å². The van der Waals surface area contributed by atoms with Crippen LogP contribution in [-0.4, -0.2) is 18.9 Å². The SMILES string of the molecule is CC1(C)CCC2(C1)NCC1(CCCCC1)CO2. The van der Waals surface area contributed by atoms with E-state index in [0.717, 1.165) is 6.61 Å². The second-order valence-electron chi connectivity index (χ2n) is 7.54. The van der Waals surface area contributed by atoms with Crippen molar-refractivity contribution in [1.82, 2.24) is 5.32 Å². The van der Waals surface area contributed by atoms with Crippen LogP contribution >= 0.6 is 0 Å². The molecule has 0 amide bonds. The van der Waals surface area contributed by atoms with E-state index in [1.54, 1.807) is 0 Å². The van der Waals surface area contributed by atoms with E-state index < -0.39 is 0 Å². The van der Waals surface area contributed by atoms with Crippen molar-refractivity contribution in [3.63, 3.8) is 0 Å². The van der Waals surface area contributed by atoms with Crippen molar-refractivity contribution in [2.75, 3.05) is 13.2 Å². The summed E-state index contributed by atoms with van der Waals surface area (Å²) < 4.78 is 6.34. The van der Waals surface area contributed by atoms with Crippen LogP contribution in [0.1, 0.15) is 65.2 Å². The quantitative estimate of drug-likeness (QED) is 0.696. The van der Waals surface area contributed by atoms with Crippen LogP contribution in [0, 0.1) is 10.8 Å². The Balaban J connectivity index is 1.64. The standard InChI is InChI=1S/C15H27NO/c1-13(2)8-9-15(10-13)16-11-14(12-17-15)6-4-3-5-7-14/h16H,3-12H2,1-2H3. The van der Waals surface area contributed by atoms with E-state index in [-0.39, 0.29) is 5.72 Å². The van der Waals surface area contributed by atoms with Crippen LogP contribution in [0.2, 0.25) is 0 Å². The maximum atomic E-state index is 6.34. The Kier molecular flexibility index (Phi) is 2.79. The molecule has 3 fully saturated rings. The minimum atomic E-state index is 0.0339. The van der Waals surface area contributed by atoms with E-state index in [9.17, 15) is 0 Å². The van der Waals surface area contributed by atoms with Gasteiger partial charge in [-0.25, -0.2) is 0 Å². The normalized spacial score (nSPS) is 39.9. The van der Waals surface area contributed by atoms with Gasteiger partial charge in [-0.3, -0.25) is 5.32 Å². The van der Waals surface area contributed by atoms with Crippen LogP contribution in [0.15, 0.2) is 0 Å². The lowest BCUT2D eigenvalue weighted by Gasteiger charge is -2.48.